The molecule has 0 aliphatic heterocycles. The molecular formula is C17H24N3O4Se. The molecule has 8 heteroatoms. The quantitative estimate of drug-likeness (QED) is 0.232. The Balaban J connectivity index is 2.16. The van der Waals surface area contributed by atoms with Gasteiger partial charge in [0.25, 0.3) is 0 Å². The van der Waals surface area contributed by atoms with Gasteiger partial charge in [0.05, 0.1) is 0 Å². The monoisotopic (exact) mass is 414 g/mol. The summed E-state index contributed by atoms with van der Waals surface area (Å²) < 4.78 is 10.7. The van der Waals surface area contributed by atoms with Crippen LogP contribution in [0.2, 0.25) is 0 Å². The zero-order chi connectivity index (χ0) is 18.7. The van der Waals surface area contributed by atoms with Crippen LogP contribution in [0, 0.1) is 0 Å². The summed E-state index contributed by atoms with van der Waals surface area (Å²) in [5.74, 6) is -0.412. The summed E-state index contributed by atoms with van der Waals surface area (Å²) in [6.07, 6.45) is -0.475. The van der Waals surface area contributed by atoms with E-state index >= 15 is 0 Å². The van der Waals surface area contributed by atoms with Crippen LogP contribution in [0.4, 0.5) is 4.79 Å². The molecule has 137 valence electrons. The molecule has 0 saturated heterocycles. The molecule has 1 radical (unpaired) electrons. The second kappa shape index (κ2) is 10.7. The summed E-state index contributed by atoms with van der Waals surface area (Å²) in [6.45, 7) is 6.36. The van der Waals surface area contributed by atoms with Gasteiger partial charge in [-0.25, -0.2) is 0 Å². The number of ether oxygens (including phenoxy) is 2. The Morgan fingerprint density at radius 1 is 1.12 bits per heavy atom. The Morgan fingerprint density at radius 2 is 1.76 bits per heavy atom. The molecule has 0 aliphatic carbocycles. The van der Waals surface area contributed by atoms with Gasteiger partial charge in [0.2, 0.25) is 0 Å². The molecule has 25 heavy (non-hydrogen) atoms. The minimum atomic E-state index is -0.525. The number of amidine groups is 1. The predicted octanol–water partition coefficient (Wildman–Crippen LogP) is 1.37. The Labute approximate surface area is 156 Å². The molecule has 0 bridgehead atoms. The van der Waals surface area contributed by atoms with Crippen molar-refractivity contribution >= 4 is 32.8 Å². The molecular weight excluding hydrogens is 389 g/mol. The fourth-order valence-electron chi connectivity index (χ4n) is 1.62. The standard InChI is InChI=1S/C17H24N3O4Se/c1-17(2,3)24-16(22)19-10-9-18-15(25)20-11-14(21)23-12-13-7-5-4-6-8-13/h4-8H,9-12H2,1-3H3,(H,18,20)(H,19,22). The molecule has 0 unspecified atom stereocenters. The normalized spacial score (nSPS) is 11.6. The number of rotatable bonds is 7. The first-order chi connectivity index (χ1) is 11.8. The molecule has 1 aromatic carbocycles. The summed E-state index contributed by atoms with van der Waals surface area (Å²) in [4.78, 5) is 27.1. The maximum absolute atomic E-state index is 11.6. The zero-order valence-electron chi connectivity index (χ0n) is 14.7. The van der Waals surface area contributed by atoms with Crippen LogP contribution in [-0.2, 0) is 20.9 Å². The Morgan fingerprint density at radius 3 is 2.40 bits per heavy atom. The molecule has 7 nitrogen and oxygen atoms in total. The minimum absolute atomic E-state index is 0.0817. The SMILES string of the molecule is CC(C)(C)OC(=O)NCCNC([Se])=NCC(=O)OCc1ccccc1. The van der Waals surface area contributed by atoms with Gasteiger partial charge in [-0.2, -0.15) is 0 Å². The van der Waals surface area contributed by atoms with Crippen molar-refractivity contribution < 1.29 is 19.1 Å². The number of alkyl carbamates (subject to hydrolysis) is 1. The van der Waals surface area contributed by atoms with Gasteiger partial charge < -0.3 is 0 Å². The number of esters is 1. The molecule has 0 aromatic heterocycles. The van der Waals surface area contributed by atoms with Crippen molar-refractivity contribution in [3.8, 4) is 0 Å². The number of amides is 1. The first-order valence-corrected chi connectivity index (χ1v) is 8.73. The average molecular weight is 413 g/mol. The van der Waals surface area contributed by atoms with Gasteiger partial charge >= 0.3 is 156 Å². The maximum atomic E-state index is 11.6. The van der Waals surface area contributed by atoms with Gasteiger partial charge in [0.1, 0.15) is 0 Å². The first-order valence-electron chi connectivity index (χ1n) is 7.88. The van der Waals surface area contributed by atoms with E-state index in [1.165, 1.54) is 0 Å². The summed E-state index contributed by atoms with van der Waals surface area (Å²) >= 11 is 2.72. The summed E-state index contributed by atoms with van der Waals surface area (Å²) in [6, 6.07) is 9.44. The number of carbonyl (C=O) groups is 2. The number of hydrogen-bond acceptors (Lipinski definition) is 5. The molecule has 2 N–H and O–H groups in total. The zero-order valence-corrected chi connectivity index (χ0v) is 16.4. The molecule has 0 saturated carbocycles. The molecule has 1 rings (SSSR count). The van der Waals surface area contributed by atoms with Crippen LogP contribution >= 0.6 is 0 Å². The van der Waals surface area contributed by atoms with Crippen LogP contribution in [0.25, 0.3) is 0 Å². The molecule has 1 aromatic rings. The van der Waals surface area contributed by atoms with Crippen molar-refractivity contribution in [2.24, 2.45) is 4.99 Å². The molecule has 0 spiro atoms. The van der Waals surface area contributed by atoms with Gasteiger partial charge in [0.15, 0.2) is 0 Å². The Bertz CT molecular complexity index is 585. The van der Waals surface area contributed by atoms with Gasteiger partial charge in [-0.3, -0.25) is 0 Å². The average Bonchev–Trinajstić information content (AvgIpc) is 2.54. The van der Waals surface area contributed by atoms with Gasteiger partial charge in [-0.05, 0) is 0 Å². The van der Waals surface area contributed by atoms with Crippen LogP contribution in [0.15, 0.2) is 35.3 Å². The van der Waals surface area contributed by atoms with Crippen LogP contribution in [0.1, 0.15) is 26.3 Å². The van der Waals surface area contributed by atoms with Gasteiger partial charge in [0, 0.05) is 0 Å². The summed E-state index contributed by atoms with van der Waals surface area (Å²) in [7, 11) is 0. The number of aliphatic imine (C=N–C) groups is 1. The van der Waals surface area contributed by atoms with Crippen LogP contribution in [0.5, 0.6) is 0 Å². The Hall–Kier alpha value is -2.05. The van der Waals surface area contributed by atoms with E-state index in [0.717, 1.165) is 5.56 Å². The van der Waals surface area contributed by atoms with Crippen molar-refractivity contribution in [2.75, 3.05) is 19.6 Å². The second-order valence-corrected chi connectivity index (χ2v) is 6.93. The molecule has 0 fully saturated rings. The van der Waals surface area contributed by atoms with E-state index in [-0.39, 0.29) is 13.2 Å². The third-order valence-corrected chi connectivity index (χ3v) is 3.24. The first kappa shape index (κ1) is 21.0. The van der Waals surface area contributed by atoms with E-state index in [9.17, 15) is 9.59 Å². The Kier molecular flexibility index (Phi) is 9.02. The van der Waals surface area contributed by atoms with E-state index in [0.29, 0.717) is 17.8 Å². The second-order valence-electron chi connectivity index (χ2n) is 6.12. The van der Waals surface area contributed by atoms with Gasteiger partial charge in [-0.15, -0.1) is 0 Å². The molecule has 0 aliphatic rings. The van der Waals surface area contributed by atoms with Crippen molar-refractivity contribution in [3.05, 3.63) is 35.9 Å². The fraction of sp³-hybridized carbons (Fsp3) is 0.471. The van der Waals surface area contributed by atoms with E-state index in [4.69, 9.17) is 9.47 Å². The van der Waals surface area contributed by atoms with Crippen molar-refractivity contribution in [3.63, 3.8) is 0 Å². The topological polar surface area (TPSA) is 89.0 Å². The van der Waals surface area contributed by atoms with E-state index in [2.05, 4.69) is 31.6 Å². The van der Waals surface area contributed by atoms with Crippen molar-refractivity contribution in [1.29, 1.82) is 0 Å². The number of nitrogens with zero attached hydrogens (tertiary/aromatic N) is 1. The fourth-order valence-corrected chi connectivity index (χ4v) is 1.97. The van der Waals surface area contributed by atoms with Gasteiger partial charge in [-0.1, -0.05) is 0 Å². The van der Waals surface area contributed by atoms with Crippen LogP contribution < -0.4 is 10.6 Å². The van der Waals surface area contributed by atoms with Crippen LogP contribution in [-0.4, -0.2) is 58.0 Å². The number of carbonyl (C=O) groups excluding carboxylic acids is 2. The van der Waals surface area contributed by atoms with Crippen LogP contribution in [0.3, 0.4) is 0 Å². The predicted molar refractivity (Wildman–Crippen MR) is 96.5 cm³/mol. The van der Waals surface area contributed by atoms with E-state index in [1.807, 2.05) is 30.3 Å². The van der Waals surface area contributed by atoms with E-state index < -0.39 is 17.7 Å². The number of nitrogens with one attached hydrogen (secondary N) is 2. The third kappa shape index (κ3) is 11.2. The molecule has 1 amide bonds. The van der Waals surface area contributed by atoms with Crippen molar-refractivity contribution in [2.45, 2.75) is 33.0 Å². The summed E-state index contributed by atoms with van der Waals surface area (Å²) in [5.41, 5.74) is 0.400. The number of benzene rings is 1. The van der Waals surface area contributed by atoms with E-state index in [1.54, 1.807) is 20.8 Å². The molecule has 0 heterocycles. The van der Waals surface area contributed by atoms with Crippen molar-refractivity contribution in [1.82, 2.24) is 10.6 Å². The third-order valence-electron chi connectivity index (χ3n) is 2.66. The molecule has 0 atom stereocenters. The summed E-state index contributed by atoms with van der Waals surface area (Å²) in [5, 5.41) is 5.56. The number of hydrogen-bond donors (Lipinski definition) is 2.